The van der Waals surface area contributed by atoms with Crippen LogP contribution in [0.2, 0.25) is 0 Å². The van der Waals surface area contributed by atoms with E-state index >= 15 is 0 Å². The van der Waals surface area contributed by atoms with Crippen molar-refractivity contribution in [2.75, 3.05) is 13.2 Å². The Morgan fingerprint density at radius 2 is 1.85 bits per heavy atom. The van der Waals surface area contributed by atoms with Crippen LogP contribution in [-0.4, -0.2) is 35.9 Å². The van der Waals surface area contributed by atoms with E-state index in [0.717, 1.165) is 38.1 Å². The van der Waals surface area contributed by atoms with Crippen LogP contribution >= 0.6 is 31.9 Å². The van der Waals surface area contributed by atoms with E-state index in [4.69, 9.17) is 4.74 Å². The van der Waals surface area contributed by atoms with Gasteiger partial charge in [-0.05, 0) is 63.8 Å². The normalized spacial score (nSPS) is 11.8. The van der Waals surface area contributed by atoms with Gasteiger partial charge in [0.05, 0.1) is 4.47 Å². The standard InChI is InChI=1S/C26H28Br2N2O3/c1-3-4-14-29-26(32)18(2)30(16-19-8-7-10-21(27)15-19)24(31)17-33-23-13-12-20-9-5-6-11-22(20)25(23)28/h5-13,15,18H,3-4,14,16-17H2,1-2H3,(H,29,32)/t18-/m1/s1. The molecule has 0 aliphatic rings. The van der Waals surface area contributed by atoms with Gasteiger partial charge < -0.3 is 15.0 Å². The number of fused-ring (bicyclic) bond motifs is 1. The monoisotopic (exact) mass is 574 g/mol. The number of hydrogen-bond donors (Lipinski definition) is 1. The minimum atomic E-state index is -0.628. The fourth-order valence-electron chi connectivity index (χ4n) is 3.50. The summed E-state index contributed by atoms with van der Waals surface area (Å²) in [7, 11) is 0. The van der Waals surface area contributed by atoms with Crippen LogP contribution < -0.4 is 10.1 Å². The Labute approximate surface area is 211 Å². The lowest BCUT2D eigenvalue weighted by Crippen LogP contribution is -2.49. The van der Waals surface area contributed by atoms with E-state index in [9.17, 15) is 9.59 Å². The molecule has 0 radical (unpaired) electrons. The first-order valence-corrected chi connectivity index (χ1v) is 12.6. The van der Waals surface area contributed by atoms with Crippen LogP contribution in [0.5, 0.6) is 5.75 Å². The van der Waals surface area contributed by atoms with Crippen molar-refractivity contribution >= 4 is 54.4 Å². The quantitative estimate of drug-likeness (QED) is 0.298. The van der Waals surface area contributed by atoms with Gasteiger partial charge in [0.1, 0.15) is 11.8 Å². The van der Waals surface area contributed by atoms with E-state index in [1.54, 1.807) is 11.8 Å². The smallest absolute Gasteiger partial charge is 0.261 e. The first kappa shape index (κ1) is 25.2. The maximum Gasteiger partial charge on any atom is 0.261 e. The number of nitrogens with zero attached hydrogens (tertiary/aromatic N) is 1. The van der Waals surface area contributed by atoms with Crippen molar-refractivity contribution in [2.24, 2.45) is 0 Å². The Morgan fingerprint density at radius 3 is 2.61 bits per heavy atom. The van der Waals surface area contributed by atoms with Crippen molar-refractivity contribution in [3.8, 4) is 5.75 Å². The van der Waals surface area contributed by atoms with E-state index in [1.807, 2.05) is 60.7 Å². The highest BCUT2D eigenvalue weighted by Crippen LogP contribution is 2.33. The van der Waals surface area contributed by atoms with Crippen LogP contribution in [0, 0.1) is 0 Å². The van der Waals surface area contributed by atoms with Gasteiger partial charge in [-0.3, -0.25) is 9.59 Å². The number of hydrogen-bond acceptors (Lipinski definition) is 3. The summed E-state index contributed by atoms with van der Waals surface area (Å²) in [5.74, 6) is 0.163. The molecule has 0 spiro atoms. The average Bonchev–Trinajstić information content (AvgIpc) is 2.82. The minimum Gasteiger partial charge on any atom is -0.483 e. The second-order valence-electron chi connectivity index (χ2n) is 7.86. The second-order valence-corrected chi connectivity index (χ2v) is 9.57. The predicted octanol–water partition coefficient (Wildman–Crippen LogP) is 6.08. The average molecular weight is 576 g/mol. The Morgan fingerprint density at radius 1 is 1.06 bits per heavy atom. The zero-order valence-corrected chi connectivity index (χ0v) is 22.0. The number of carbonyl (C=O) groups is 2. The number of rotatable bonds is 10. The van der Waals surface area contributed by atoms with Crippen molar-refractivity contribution in [1.82, 2.24) is 10.2 Å². The summed E-state index contributed by atoms with van der Waals surface area (Å²) in [6.07, 6.45) is 1.89. The Hall–Kier alpha value is -2.38. The Bertz CT molecular complexity index is 1120. The first-order valence-electron chi connectivity index (χ1n) is 11.0. The van der Waals surface area contributed by atoms with Gasteiger partial charge in [0.15, 0.2) is 6.61 Å². The largest absolute Gasteiger partial charge is 0.483 e. The maximum atomic E-state index is 13.3. The van der Waals surface area contributed by atoms with E-state index in [1.165, 1.54) is 0 Å². The molecule has 0 aromatic heterocycles. The van der Waals surface area contributed by atoms with Crippen LogP contribution in [0.3, 0.4) is 0 Å². The van der Waals surface area contributed by atoms with Crippen LogP contribution in [0.4, 0.5) is 0 Å². The molecule has 174 valence electrons. The predicted molar refractivity (Wildman–Crippen MR) is 139 cm³/mol. The molecule has 0 saturated heterocycles. The first-order chi connectivity index (χ1) is 15.9. The molecule has 0 aliphatic carbocycles. The number of amides is 2. The lowest BCUT2D eigenvalue weighted by Gasteiger charge is -2.29. The Kier molecular flexibility index (Phi) is 9.32. The van der Waals surface area contributed by atoms with Crippen molar-refractivity contribution in [1.29, 1.82) is 0 Å². The third-order valence-corrected chi connectivity index (χ3v) is 6.73. The zero-order valence-electron chi connectivity index (χ0n) is 18.8. The molecule has 2 amide bonds. The summed E-state index contributed by atoms with van der Waals surface area (Å²) in [6, 6.07) is 18.9. The van der Waals surface area contributed by atoms with Gasteiger partial charge in [-0.2, -0.15) is 0 Å². The van der Waals surface area contributed by atoms with Crippen molar-refractivity contribution in [3.63, 3.8) is 0 Å². The molecule has 0 aliphatic heterocycles. The minimum absolute atomic E-state index is 0.168. The Balaban J connectivity index is 1.76. The van der Waals surface area contributed by atoms with E-state index in [0.29, 0.717) is 18.8 Å². The van der Waals surface area contributed by atoms with Gasteiger partial charge in [-0.25, -0.2) is 0 Å². The molecular formula is C26H28Br2N2O3. The topological polar surface area (TPSA) is 58.6 Å². The summed E-state index contributed by atoms with van der Waals surface area (Å²) < 4.78 is 7.62. The highest BCUT2D eigenvalue weighted by molar-refractivity contribution is 9.11. The number of nitrogens with one attached hydrogen (secondary N) is 1. The fraction of sp³-hybridized carbons (Fsp3) is 0.308. The summed E-state index contributed by atoms with van der Waals surface area (Å²) in [5.41, 5.74) is 0.929. The zero-order chi connectivity index (χ0) is 23.8. The molecule has 0 unspecified atom stereocenters. The van der Waals surface area contributed by atoms with Crippen LogP contribution in [0.25, 0.3) is 10.8 Å². The van der Waals surface area contributed by atoms with Gasteiger partial charge >= 0.3 is 0 Å². The third-order valence-electron chi connectivity index (χ3n) is 5.42. The molecule has 33 heavy (non-hydrogen) atoms. The van der Waals surface area contributed by atoms with Crippen LogP contribution in [-0.2, 0) is 16.1 Å². The molecule has 0 bridgehead atoms. The summed E-state index contributed by atoms with van der Waals surface area (Å²) >= 11 is 7.07. The third kappa shape index (κ3) is 6.81. The lowest BCUT2D eigenvalue weighted by atomic mass is 10.1. The molecule has 3 aromatic carbocycles. The molecule has 5 nitrogen and oxygen atoms in total. The fourth-order valence-corrected chi connectivity index (χ4v) is 4.55. The molecule has 3 aromatic rings. The lowest BCUT2D eigenvalue weighted by molar-refractivity contribution is -0.142. The molecular weight excluding hydrogens is 548 g/mol. The van der Waals surface area contributed by atoms with Gasteiger partial charge in [-0.15, -0.1) is 0 Å². The van der Waals surface area contributed by atoms with Crippen molar-refractivity contribution in [2.45, 2.75) is 39.3 Å². The number of benzene rings is 3. The van der Waals surface area contributed by atoms with Crippen LogP contribution in [0.15, 0.2) is 69.6 Å². The van der Waals surface area contributed by atoms with E-state index < -0.39 is 6.04 Å². The molecule has 7 heteroatoms. The summed E-state index contributed by atoms with van der Waals surface area (Å²) in [6.45, 7) is 4.56. The summed E-state index contributed by atoms with van der Waals surface area (Å²) in [5, 5.41) is 5.02. The molecule has 1 atom stereocenters. The summed E-state index contributed by atoms with van der Waals surface area (Å²) in [4.78, 5) is 27.6. The van der Waals surface area contributed by atoms with E-state index in [-0.39, 0.29) is 18.4 Å². The second kappa shape index (κ2) is 12.2. The molecule has 1 N–H and O–H groups in total. The number of halogens is 2. The van der Waals surface area contributed by atoms with Crippen molar-refractivity contribution < 1.29 is 14.3 Å². The molecule has 0 heterocycles. The SMILES string of the molecule is CCCCNC(=O)[C@@H](C)N(Cc1cccc(Br)c1)C(=O)COc1ccc2ccccc2c1Br. The molecule has 0 saturated carbocycles. The van der Waals surface area contributed by atoms with Crippen LogP contribution in [0.1, 0.15) is 32.3 Å². The van der Waals surface area contributed by atoms with Gasteiger partial charge in [0.2, 0.25) is 5.91 Å². The molecule has 0 fully saturated rings. The number of unbranched alkanes of at least 4 members (excludes halogenated alkanes) is 1. The van der Waals surface area contributed by atoms with Gasteiger partial charge in [-0.1, -0.05) is 71.7 Å². The van der Waals surface area contributed by atoms with E-state index in [2.05, 4.69) is 44.1 Å². The number of carbonyl (C=O) groups excluding carboxylic acids is 2. The number of ether oxygens (including phenoxy) is 1. The molecule has 3 rings (SSSR count). The van der Waals surface area contributed by atoms with Crippen molar-refractivity contribution in [3.05, 3.63) is 75.2 Å². The van der Waals surface area contributed by atoms with Gasteiger partial charge in [0, 0.05) is 17.6 Å². The highest BCUT2D eigenvalue weighted by Gasteiger charge is 2.26. The maximum absolute atomic E-state index is 13.3. The van der Waals surface area contributed by atoms with Gasteiger partial charge in [0.25, 0.3) is 5.91 Å². The highest BCUT2D eigenvalue weighted by atomic mass is 79.9.